The summed E-state index contributed by atoms with van der Waals surface area (Å²) in [4.78, 5) is 13.3. The van der Waals surface area contributed by atoms with E-state index in [0.29, 0.717) is 11.6 Å². The summed E-state index contributed by atoms with van der Waals surface area (Å²) >= 11 is 0. The largest absolute Gasteiger partial charge is 0.399 e. The Morgan fingerprint density at radius 3 is 2.59 bits per heavy atom. The molecule has 2 aromatic heterocycles. The smallest absolute Gasteiger partial charge is 0.228 e. The third-order valence-corrected chi connectivity index (χ3v) is 3.29. The molecule has 0 radical (unpaired) electrons. The van der Waals surface area contributed by atoms with Crippen molar-refractivity contribution in [2.24, 2.45) is 0 Å². The van der Waals surface area contributed by atoms with E-state index in [1.165, 1.54) is 0 Å². The van der Waals surface area contributed by atoms with Gasteiger partial charge in [-0.15, -0.1) is 0 Å². The van der Waals surface area contributed by atoms with Gasteiger partial charge in [-0.25, -0.2) is 9.97 Å². The molecule has 0 amide bonds. The van der Waals surface area contributed by atoms with Gasteiger partial charge in [-0.1, -0.05) is 12.1 Å². The Bertz CT molecular complexity index is 799. The Balaban J connectivity index is 1.98. The fraction of sp³-hybridized carbons (Fsp3) is 0.118. The normalized spacial score (nSPS) is 10.5. The van der Waals surface area contributed by atoms with Gasteiger partial charge >= 0.3 is 0 Å². The second-order valence-corrected chi connectivity index (χ2v) is 5.13. The molecular weight excluding hydrogens is 274 g/mol. The molecule has 0 saturated heterocycles. The maximum atomic E-state index is 5.84. The number of nitrogen functional groups attached to an aromatic ring is 1. The van der Waals surface area contributed by atoms with Crippen LogP contribution in [0.2, 0.25) is 0 Å². The van der Waals surface area contributed by atoms with Gasteiger partial charge in [0, 0.05) is 23.3 Å². The molecule has 1 aromatic carbocycles. The molecule has 0 aliphatic carbocycles. The zero-order valence-corrected chi connectivity index (χ0v) is 12.5. The lowest BCUT2D eigenvalue weighted by atomic mass is 10.2. The lowest BCUT2D eigenvalue weighted by molar-refractivity contribution is 1.10. The predicted octanol–water partition coefficient (Wildman–Crippen LogP) is 3.48. The minimum atomic E-state index is 0.536. The van der Waals surface area contributed by atoms with Crippen LogP contribution in [0, 0.1) is 13.8 Å². The molecule has 5 heteroatoms. The lowest BCUT2D eigenvalue weighted by Gasteiger charge is -2.11. The Morgan fingerprint density at radius 1 is 0.955 bits per heavy atom. The molecule has 0 spiro atoms. The Hall–Kier alpha value is -2.95. The van der Waals surface area contributed by atoms with Gasteiger partial charge in [0.2, 0.25) is 5.95 Å². The first-order valence-corrected chi connectivity index (χ1v) is 7.02. The molecule has 0 saturated carbocycles. The highest BCUT2D eigenvalue weighted by Gasteiger charge is 2.07. The van der Waals surface area contributed by atoms with Gasteiger partial charge < -0.3 is 11.1 Å². The van der Waals surface area contributed by atoms with Crippen LogP contribution in [-0.2, 0) is 0 Å². The van der Waals surface area contributed by atoms with Crippen molar-refractivity contribution in [1.82, 2.24) is 15.0 Å². The molecule has 0 aliphatic rings. The van der Waals surface area contributed by atoms with E-state index >= 15 is 0 Å². The maximum absolute atomic E-state index is 5.84. The van der Waals surface area contributed by atoms with Crippen molar-refractivity contribution in [3.8, 4) is 11.4 Å². The number of aryl methyl sites for hydroxylation is 2. The highest BCUT2D eigenvalue weighted by molar-refractivity contribution is 5.65. The summed E-state index contributed by atoms with van der Waals surface area (Å²) in [5, 5.41) is 3.23. The monoisotopic (exact) mass is 291 g/mol. The van der Waals surface area contributed by atoms with Crippen LogP contribution in [0.5, 0.6) is 0 Å². The minimum absolute atomic E-state index is 0.536. The molecule has 0 unspecified atom stereocenters. The number of anilines is 3. The van der Waals surface area contributed by atoms with E-state index < -0.39 is 0 Å². The first-order valence-electron chi connectivity index (χ1n) is 7.02. The van der Waals surface area contributed by atoms with Gasteiger partial charge in [0.15, 0.2) is 0 Å². The summed E-state index contributed by atoms with van der Waals surface area (Å²) in [5.41, 5.74) is 11.0. The van der Waals surface area contributed by atoms with Crippen LogP contribution in [0.3, 0.4) is 0 Å². The number of aromatic nitrogens is 3. The summed E-state index contributed by atoms with van der Waals surface area (Å²) in [5.74, 6) is 0.536. The Kier molecular flexibility index (Phi) is 3.70. The SMILES string of the molecule is Cc1cc(-c2ccccn2)nc(Nc2cc(N)ccc2C)n1. The number of nitrogens with one attached hydrogen (secondary N) is 1. The minimum Gasteiger partial charge on any atom is -0.399 e. The van der Waals surface area contributed by atoms with E-state index in [2.05, 4.69) is 20.3 Å². The van der Waals surface area contributed by atoms with Crippen LogP contribution in [0.1, 0.15) is 11.3 Å². The molecule has 22 heavy (non-hydrogen) atoms. The molecule has 2 heterocycles. The van der Waals surface area contributed by atoms with Crippen LogP contribution in [0.25, 0.3) is 11.4 Å². The summed E-state index contributed by atoms with van der Waals surface area (Å²) in [7, 11) is 0. The van der Waals surface area contributed by atoms with E-state index in [4.69, 9.17) is 5.73 Å². The second-order valence-electron chi connectivity index (χ2n) is 5.13. The van der Waals surface area contributed by atoms with Crippen LogP contribution < -0.4 is 11.1 Å². The molecule has 3 aromatic rings. The van der Waals surface area contributed by atoms with Crippen LogP contribution in [0.15, 0.2) is 48.7 Å². The van der Waals surface area contributed by atoms with Crippen LogP contribution in [0.4, 0.5) is 17.3 Å². The molecule has 0 aliphatic heterocycles. The molecule has 0 atom stereocenters. The number of benzene rings is 1. The molecule has 3 N–H and O–H groups in total. The van der Waals surface area contributed by atoms with Gasteiger partial charge in [-0.2, -0.15) is 0 Å². The number of hydrogen-bond donors (Lipinski definition) is 2. The van der Waals surface area contributed by atoms with E-state index in [1.807, 2.05) is 56.3 Å². The van der Waals surface area contributed by atoms with Crippen LogP contribution in [-0.4, -0.2) is 15.0 Å². The fourth-order valence-corrected chi connectivity index (χ4v) is 2.16. The zero-order valence-electron chi connectivity index (χ0n) is 12.5. The average Bonchev–Trinajstić information content (AvgIpc) is 2.51. The quantitative estimate of drug-likeness (QED) is 0.722. The third-order valence-electron chi connectivity index (χ3n) is 3.29. The fourth-order valence-electron chi connectivity index (χ4n) is 2.16. The van der Waals surface area contributed by atoms with Gasteiger partial charge in [0.1, 0.15) is 0 Å². The van der Waals surface area contributed by atoms with Crippen molar-refractivity contribution in [2.75, 3.05) is 11.1 Å². The average molecular weight is 291 g/mol. The number of nitrogens with zero attached hydrogens (tertiary/aromatic N) is 3. The molecular formula is C17H17N5. The molecule has 0 bridgehead atoms. The maximum Gasteiger partial charge on any atom is 0.228 e. The highest BCUT2D eigenvalue weighted by Crippen LogP contribution is 2.23. The standard InChI is InChI=1S/C17H17N5/c1-11-6-7-13(18)10-15(11)21-17-20-12(2)9-16(22-17)14-5-3-4-8-19-14/h3-10H,18H2,1-2H3,(H,20,21,22). The first kappa shape index (κ1) is 14.0. The van der Waals surface area contributed by atoms with Gasteiger partial charge in [-0.3, -0.25) is 4.98 Å². The third kappa shape index (κ3) is 3.03. The van der Waals surface area contributed by atoms with Gasteiger partial charge in [0.25, 0.3) is 0 Å². The van der Waals surface area contributed by atoms with E-state index in [-0.39, 0.29) is 0 Å². The van der Waals surface area contributed by atoms with Crippen molar-refractivity contribution in [1.29, 1.82) is 0 Å². The summed E-state index contributed by atoms with van der Waals surface area (Å²) in [6.45, 7) is 3.95. The van der Waals surface area contributed by atoms with Crippen molar-refractivity contribution >= 4 is 17.3 Å². The van der Waals surface area contributed by atoms with E-state index in [9.17, 15) is 0 Å². The topological polar surface area (TPSA) is 76.7 Å². The summed E-state index contributed by atoms with van der Waals surface area (Å²) < 4.78 is 0. The molecule has 0 fully saturated rings. The lowest BCUT2D eigenvalue weighted by Crippen LogP contribution is -2.02. The predicted molar refractivity (Wildman–Crippen MR) is 88.9 cm³/mol. The molecule has 3 rings (SSSR count). The van der Waals surface area contributed by atoms with Crippen LogP contribution >= 0.6 is 0 Å². The first-order chi connectivity index (χ1) is 10.6. The van der Waals surface area contributed by atoms with E-state index in [1.54, 1.807) is 6.20 Å². The Morgan fingerprint density at radius 2 is 1.82 bits per heavy atom. The van der Waals surface area contributed by atoms with Gasteiger partial charge in [0.05, 0.1) is 11.4 Å². The number of rotatable bonds is 3. The van der Waals surface area contributed by atoms with Crippen molar-refractivity contribution in [2.45, 2.75) is 13.8 Å². The molecule has 5 nitrogen and oxygen atoms in total. The van der Waals surface area contributed by atoms with E-state index in [0.717, 1.165) is 28.3 Å². The summed E-state index contributed by atoms with van der Waals surface area (Å²) in [6.07, 6.45) is 1.75. The number of pyridine rings is 1. The van der Waals surface area contributed by atoms with Crippen molar-refractivity contribution < 1.29 is 0 Å². The second kappa shape index (κ2) is 5.81. The molecule has 110 valence electrons. The number of hydrogen-bond acceptors (Lipinski definition) is 5. The Labute approximate surface area is 129 Å². The number of nitrogens with two attached hydrogens (primary N) is 1. The summed E-state index contributed by atoms with van der Waals surface area (Å²) in [6, 6.07) is 13.4. The zero-order chi connectivity index (χ0) is 15.5. The van der Waals surface area contributed by atoms with Crippen molar-refractivity contribution in [3.05, 3.63) is 59.9 Å². The van der Waals surface area contributed by atoms with Crippen molar-refractivity contribution in [3.63, 3.8) is 0 Å². The van der Waals surface area contributed by atoms with Gasteiger partial charge in [-0.05, 0) is 49.7 Å². The highest BCUT2D eigenvalue weighted by atomic mass is 15.1.